The first-order chi connectivity index (χ1) is 14.0. The highest BCUT2D eigenvalue weighted by Gasteiger charge is 2.31. The van der Waals surface area contributed by atoms with E-state index in [4.69, 9.17) is 5.26 Å². The molecule has 1 amide bonds. The number of nitrogens with zero attached hydrogens (tertiary/aromatic N) is 1. The summed E-state index contributed by atoms with van der Waals surface area (Å²) < 4.78 is 0. The molecule has 1 aliphatic heterocycles. The first-order valence-corrected chi connectivity index (χ1v) is 10.5. The molecular formula is C24H32N4O+2. The van der Waals surface area contributed by atoms with Gasteiger partial charge in [0, 0.05) is 11.3 Å². The lowest BCUT2D eigenvalue weighted by atomic mass is 10.0. The van der Waals surface area contributed by atoms with Gasteiger partial charge in [0.25, 0.3) is 5.91 Å². The maximum Gasteiger partial charge on any atom is 0.282 e. The number of hydrogen-bond donors (Lipinski definition) is 3. The van der Waals surface area contributed by atoms with Gasteiger partial charge in [0.05, 0.1) is 11.6 Å². The average Bonchev–Trinajstić information content (AvgIpc) is 2.74. The smallest absolute Gasteiger partial charge is 0.282 e. The van der Waals surface area contributed by atoms with E-state index in [-0.39, 0.29) is 11.9 Å². The number of carbonyl (C=O) groups is 1. The Morgan fingerprint density at radius 3 is 2.17 bits per heavy atom. The van der Waals surface area contributed by atoms with Gasteiger partial charge in [-0.3, -0.25) is 4.79 Å². The molecular weight excluding hydrogens is 360 g/mol. The van der Waals surface area contributed by atoms with Crippen molar-refractivity contribution in [1.29, 1.82) is 5.26 Å². The van der Waals surface area contributed by atoms with E-state index in [9.17, 15) is 4.79 Å². The molecule has 1 atom stereocenters. The van der Waals surface area contributed by atoms with Crippen molar-refractivity contribution in [2.45, 2.75) is 39.3 Å². The highest BCUT2D eigenvalue weighted by atomic mass is 16.2. The molecule has 1 aliphatic rings. The van der Waals surface area contributed by atoms with Crippen molar-refractivity contribution in [1.82, 2.24) is 0 Å². The van der Waals surface area contributed by atoms with Gasteiger partial charge in [-0.2, -0.15) is 5.26 Å². The van der Waals surface area contributed by atoms with Crippen LogP contribution in [0.15, 0.2) is 48.5 Å². The van der Waals surface area contributed by atoms with Crippen molar-refractivity contribution in [3.05, 3.63) is 65.2 Å². The van der Waals surface area contributed by atoms with E-state index in [0.29, 0.717) is 11.5 Å². The zero-order chi connectivity index (χ0) is 20.8. The summed E-state index contributed by atoms with van der Waals surface area (Å²) in [4.78, 5) is 15.6. The molecule has 0 aliphatic carbocycles. The monoisotopic (exact) mass is 392 g/mol. The summed E-state index contributed by atoms with van der Waals surface area (Å²) >= 11 is 0. The van der Waals surface area contributed by atoms with Crippen LogP contribution >= 0.6 is 0 Å². The Kier molecular flexibility index (Phi) is 7.03. The minimum atomic E-state index is -0.0590. The summed E-state index contributed by atoms with van der Waals surface area (Å²) in [6, 6.07) is 18.1. The maximum absolute atomic E-state index is 12.7. The van der Waals surface area contributed by atoms with Gasteiger partial charge in [0.15, 0.2) is 6.04 Å². The van der Waals surface area contributed by atoms with Crippen LogP contribution in [0.2, 0.25) is 0 Å². The van der Waals surface area contributed by atoms with Gasteiger partial charge in [-0.15, -0.1) is 0 Å². The lowest BCUT2D eigenvalue weighted by Crippen LogP contribution is -3.29. The highest BCUT2D eigenvalue weighted by Crippen LogP contribution is 2.17. The van der Waals surface area contributed by atoms with E-state index in [1.165, 1.54) is 20.9 Å². The predicted molar refractivity (Wildman–Crippen MR) is 115 cm³/mol. The summed E-state index contributed by atoms with van der Waals surface area (Å²) in [5.74, 6) is 0.582. The molecule has 1 saturated heterocycles. The topological polar surface area (TPSA) is 61.8 Å². The number of anilines is 1. The number of piperazine rings is 1. The second-order valence-electron chi connectivity index (χ2n) is 8.38. The lowest BCUT2D eigenvalue weighted by molar-refractivity contribution is -1.02. The standard InChI is InChI=1S/C24H30N4O/c1-18(2)22-8-10-23(11-9-22)26-24(29)19(3)28-14-12-27(13-15-28)17-21-6-4-20(16-25)5-7-21/h4-11,18-19H,12-15,17H2,1-3H3,(H,26,29)/p+2/t19-/m1/s1. The largest absolute Gasteiger partial charge is 0.322 e. The van der Waals surface area contributed by atoms with E-state index < -0.39 is 0 Å². The van der Waals surface area contributed by atoms with Gasteiger partial charge in [-0.05, 0) is 42.7 Å². The highest BCUT2D eigenvalue weighted by molar-refractivity contribution is 5.93. The molecule has 2 aromatic rings. The summed E-state index contributed by atoms with van der Waals surface area (Å²) in [5.41, 5.74) is 4.12. The van der Waals surface area contributed by atoms with Crippen LogP contribution in [0, 0.1) is 11.3 Å². The normalized spacial score (nSPS) is 20.1. The van der Waals surface area contributed by atoms with E-state index in [0.717, 1.165) is 38.4 Å². The summed E-state index contributed by atoms with van der Waals surface area (Å²) in [6.07, 6.45) is 0. The van der Waals surface area contributed by atoms with Gasteiger partial charge in [0.2, 0.25) is 0 Å². The quantitative estimate of drug-likeness (QED) is 0.687. The van der Waals surface area contributed by atoms with Crippen LogP contribution in [0.3, 0.4) is 0 Å². The number of amides is 1. The minimum Gasteiger partial charge on any atom is -0.322 e. The van der Waals surface area contributed by atoms with Crippen molar-refractivity contribution in [3.8, 4) is 6.07 Å². The Balaban J connectivity index is 1.47. The molecule has 0 spiro atoms. The fourth-order valence-corrected chi connectivity index (χ4v) is 3.91. The summed E-state index contributed by atoms with van der Waals surface area (Å²) in [7, 11) is 0. The zero-order valence-electron chi connectivity index (χ0n) is 17.7. The maximum atomic E-state index is 12.7. The molecule has 152 valence electrons. The molecule has 29 heavy (non-hydrogen) atoms. The van der Waals surface area contributed by atoms with Crippen molar-refractivity contribution in [3.63, 3.8) is 0 Å². The van der Waals surface area contributed by atoms with Crippen molar-refractivity contribution >= 4 is 11.6 Å². The third-order valence-corrected chi connectivity index (χ3v) is 5.99. The average molecular weight is 393 g/mol. The van der Waals surface area contributed by atoms with Gasteiger partial charge in [-0.1, -0.05) is 38.1 Å². The Hall–Kier alpha value is -2.68. The second-order valence-corrected chi connectivity index (χ2v) is 8.38. The van der Waals surface area contributed by atoms with Crippen LogP contribution in [0.25, 0.3) is 0 Å². The van der Waals surface area contributed by atoms with Gasteiger partial charge >= 0.3 is 0 Å². The zero-order valence-corrected chi connectivity index (χ0v) is 17.7. The van der Waals surface area contributed by atoms with Crippen LogP contribution < -0.4 is 15.1 Å². The molecule has 0 bridgehead atoms. The number of hydrogen-bond acceptors (Lipinski definition) is 2. The van der Waals surface area contributed by atoms with Crippen LogP contribution in [0.1, 0.15) is 43.4 Å². The number of nitriles is 1. The molecule has 3 rings (SSSR count). The number of benzene rings is 2. The number of carbonyl (C=O) groups excluding carboxylic acids is 1. The lowest BCUT2D eigenvalue weighted by Gasteiger charge is -2.32. The molecule has 1 heterocycles. The van der Waals surface area contributed by atoms with E-state index in [1.54, 1.807) is 0 Å². The van der Waals surface area contributed by atoms with Crippen molar-refractivity contribution in [2.24, 2.45) is 0 Å². The van der Waals surface area contributed by atoms with Crippen LogP contribution in [-0.4, -0.2) is 38.1 Å². The molecule has 5 heteroatoms. The molecule has 3 N–H and O–H groups in total. The van der Waals surface area contributed by atoms with Gasteiger partial charge in [0.1, 0.15) is 32.7 Å². The SMILES string of the molecule is CC(C)c1ccc(NC(=O)[C@@H](C)[NH+]2CC[NH+](Cc3ccc(C#N)cc3)CC2)cc1. The molecule has 0 radical (unpaired) electrons. The minimum absolute atomic E-state index is 0.0590. The molecule has 0 aromatic heterocycles. The fraction of sp³-hybridized carbons (Fsp3) is 0.417. The first-order valence-electron chi connectivity index (χ1n) is 10.5. The van der Waals surface area contributed by atoms with Crippen molar-refractivity contribution in [2.75, 3.05) is 31.5 Å². The van der Waals surface area contributed by atoms with Crippen LogP contribution in [0.5, 0.6) is 0 Å². The molecule has 0 saturated carbocycles. The Labute approximate surface area is 173 Å². The van der Waals surface area contributed by atoms with Gasteiger partial charge in [-0.25, -0.2) is 0 Å². The van der Waals surface area contributed by atoms with E-state index in [1.807, 2.05) is 43.3 Å². The second kappa shape index (κ2) is 9.69. The molecule has 0 unspecified atom stereocenters. The van der Waals surface area contributed by atoms with Crippen LogP contribution in [-0.2, 0) is 11.3 Å². The molecule has 5 nitrogen and oxygen atoms in total. The Bertz CT molecular complexity index is 844. The first kappa shape index (κ1) is 21.0. The fourth-order valence-electron chi connectivity index (χ4n) is 3.91. The van der Waals surface area contributed by atoms with Gasteiger partial charge < -0.3 is 15.1 Å². The van der Waals surface area contributed by atoms with Crippen molar-refractivity contribution < 1.29 is 14.6 Å². The predicted octanol–water partition coefficient (Wildman–Crippen LogP) is 0.992. The Morgan fingerprint density at radius 2 is 1.62 bits per heavy atom. The van der Waals surface area contributed by atoms with E-state index in [2.05, 4.69) is 37.4 Å². The third-order valence-electron chi connectivity index (χ3n) is 5.99. The third kappa shape index (κ3) is 5.66. The Morgan fingerprint density at radius 1 is 1.00 bits per heavy atom. The molecule has 1 fully saturated rings. The number of quaternary nitrogens is 2. The molecule has 2 aromatic carbocycles. The summed E-state index contributed by atoms with van der Waals surface area (Å²) in [5, 5.41) is 12.0. The number of rotatable bonds is 6. The number of nitrogens with one attached hydrogen (secondary N) is 3. The van der Waals surface area contributed by atoms with Crippen LogP contribution in [0.4, 0.5) is 5.69 Å². The summed E-state index contributed by atoms with van der Waals surface area (Å²) in [6.45, 7) is 11.4. The van der Waals surface area contributed by atoms with E-state index >= 15 is 0 Å².